The molecule has 1 heteroatoms. The van der Waals surface area contributed by atoms with E-state index >= 15 is 0 Å². The normalized spacial score (nSPS) is 17.6. The van der Waals surface area contributed by atoms with Crippen molar-refractivity contribution in [3.05, 3.63) is 24.3 Å². The fraction of sp³-hybridized carbons (Fsp3) is 0.600. The summed E-state index contributed by atoms with van der Waals surface area (Å²) in [5.74, 6) is 0. The van der Waals surface area contributed by atoms with Crippen molar-refractivity contribution in [2.24, 2.45) is 0 Å². The van der Waals surface area contributed by atoms with E-state index < -0.39 is 5.60 Å². The first-order valence-corrected chi connectivity index (χ1v) is 4.03. The molecule has 0 rings (SSSR count). The van der Waals surface area contributed by atoms with E-state index in [1.807, 2.05) is 6.92 Å². The van der Waals surface area contributed by atoms with E-state index in [0.29, 0.717) is 6.42 Å². The minimum atomic E-state index is -0.740. The van der Waals surface area contributed by atoms with Crippen molar-refractivity contribution in [3.63, 3.8) is 0 Å². The molecule has 0 amide bonds. The Labute approximate surface area is 69.4 Å². The van der Waals surface area contributed by atoms with Crippen molar-refractivity contribution >= 4 is 0 Å². The number of hydrogen-bond acceptors (Lipinski definition) is 1. The fourth-order valence-electron chi connectivity index (χ4n) is 1.06. The summed E-state index contributed by atoms with van der Waals surface area (Å²) >= 11 is 0. The molecule has 0 aliphatic heterocycles. The van der Waals surface area contributed by atoms with E-state index in [1.165, 1.54) is 5.57 Å². The molecule has 0 fully saturated rings. The summed E-state index contributed by atoms with van der Waals surface area (Å²) < 4.78 is 0. The van der Waals surface area contributed by atoms with Crippen LogP contribution in [0.15, 0.2) is 24.3 Å². The third-order valence-electron chi connectivity index (χ3n) is 1.63. The zero-order valence-corrected chi connectivity index (χ0v) is 7.72. The quantitative estimate of drug-likeness (QED) is 0.617. The molecule has 0 aromatic heterocycles. The van der Waals surface area contributed by atoms with Gasteiger partial charge in [0.1, 0.15) is 0 Å². The van der Waals surface area contributed by atoms with Gasteiger partial charge in [-0.05, 0) is 20.3 Å². The van der Waals surface area contributed by atoms with Gasteiger partial charge in [-0.25, -0.2) is 0 Å². The summed E-state index contributed by atoms with van der Waals surface area (Å²) in [7, 11) is 0. The SMILES string of the molecule is C=CC(C)(O)C/C(C)=C/CC. The largest absolute Gasteiger partial charge is 0.386 e. The highest BCUT2D eigenvalue weighted by Gasteiger charge is 2.14. The third-order valence-corrected chi connectivity index (χ3v) is 1.63. The number of aliphatic hydroxyl groups is 1. The van der Waals surface area contributed by atoms with E-state index in [2.05, 4.69) is 19.6 Å². The van der Waals surface area contributed by atoms with Gasteiger partial charge < -0.3 is 5.11 Å². The Bertz CT molecular complexity index is 154. The molecular weight excluding hydrogens is 136 g/mol. The Balaban J connectivity index is 4.03. The lowest BCUT2D eigenvalue weighted by atomic mass is 9.97. The molecule has 1 unspecified atom stereocenters. The van der Waals surface area contributed by atoms with E-state index in [-0.39, 0.29) is 0 Å². The number of hydrogen-bond donors (Lipinski definition) is 1. The average molecular weight is 154 g/mol. The lowest BCUT2D eigenvalue weighted by Gasteiger charge is -2.18. The molecule has 1 nitrogen and oxygen atoms in total. The van der Waals surface area contributed by atoms with Crippen LogP contribution in [-0.4, -0.2) is 10.7 Å². The summed E-state index contributed by atoms with van der Waals surface area (Å²) in [6.45, 7) is 9.46. The Morgan fingerprint density at radius 1 is 1.64 bits per heavy atom. The highest BCUT2D eigenvalue weighted by molar-refractivity contribution is 5.07. The van der Waals surface area contributed by atoms with Gasteiger partial charge in [0.25, 0.3) is 0 Å². The predicted molar refractivity (Wildman–Crippen MR) is 49.5 cm³/mol. The molecule has 0 aliphatic rings. The third kappa shape index (κ3) is 4.79. The van der Waals surface area contributed by atoms with E-state index in [4.69, 9.17) is 0 Å². The molecule has 0 saturated heterocycles. The van der Waals surface area contributed by atoms with Crippen LogP contribution >= 0.6 is 0 Å². The van der Waals surface area contributed by atoms with Crippen molar-refractivity contribution < 1.29 is 5.11 Å². The van der Waals surface area contributed by atoms with Gasteiger partial charge in [-0.2, -0.15) is 0 Å². The Morgan fingerprint density at radius 3 is 2.55 bits per heavy atom. The Morgan fingerprint density at radius 2 is 2.18 bits per heavy atom. The fourth-order valence-corrected chi connectivity index (χ4v) is 1.06. The lowest BCUT2D eigenvalue weighted by molar-refractivity contribution is 0.112. The first-order valence-electron chi connectivity index (χ1n) is 4.03. The first-order chi connectivity index (χ1) is 5.02. The second kappa shape index (κ2) is 4.35. The minimum Gasteiger partial charge on any atom is -0.386 e. The van der Waals surface area contributed by atoms with Gasteiger partial charge in [-0.15, -0.1) is 6.58 Å². The molecular formula is C10H18O. The average Bonchev–Trinajstić information content (AvgIpc) is 1.87. The molecule has 0 radical (unpaired) electrons. The molecule has 0 aliphatic carbocycles. The van der Waals surface area contributed by atoms with Gasteiger partial charge in [0, 0.05) is 6.42 Å². The van der Waals surface area contributed by atoms with Crippen molar-refractivity contribution in [2.45, 2.75) is 39.2 Å². The Hall–Kier alpha value is -0.560. The van der Waals surface area contributed by atoms with Gasteiger partial charge in [-0.3, -0.25) is 0 Å². The van der Waals surface area contributed by atoms with Crippen molar-refractivity contribution in [3.8, 4) is 0 Å². The lowest BCUT2D eigenvalue weighted by Crippen LogP contribution is -2.20. The molecule has 0 heterocycles. The smallest absolute Gasteiger partial charge is 0.0833 e. The van der Waals surface area contributed by atoms with Crippen molar-refractivity contribution in [1.82, 2.24) is 0 Å². The molecule has 0 spiro atoms. The standard InChI is InChI=1S/C10H18O/c1-5-7-9(3)8-10(4,11)6-2/h6-7,11H,2,5,8H2,1,3-4H3/b9-7+. The van der Waals surface area contributed by atoms with Gasteiger partial charge >= 0.3 is 0 Å². The number of allylic oxidation sites excluding steroid dienone is 1. The van der Waals surface area contributed by atoms with Crippen LogP contribution in [0.2, 0.25) is 0 Å². The summed E-state index contributed by atoms with van der Waals surface area (Å²) in [4.78, 5) is 0. The zero-order chi connectivity index (χ0) is 8.91. The Kier molecular flexibility index (Phi) is 4.12. The first kappa shape index (κ1) is 10.4. The van der Waals surface area contributed by atoms with Crippen LogP contribution in [0.1, 0.15) is 33.6 Å². The van der Waals surface area contributed by atoms with Gasteiger partial charge in [-0.1, -0.05) is 24.6 Å². The maximum absolute atomic E-state index is 9.56. The van der Waals surface area contributed by atoms with Crippen LogP contribution in [0, 0.1) is 0 Å². The van der Waals surface area contributed by atoms with Gasteiger partial charge in [0.05, 0.1) is 5.60 Å². The topological polar surface area (TPSA) is 20.2 Å². The van der Waals surface area contributed by atoms with Crippen LogP contribution in [0.4, 0.5) is 0 Å². The second-order valence-corrected chi connectivity index (χ2v) is 3.20. The summed E-state index contributed by atoms with van der Waals surface area (Å²) in [6.07, 6.45) is 5.42. The van der Waals surface area contributed by atoms with Crippen molar-refractivity contribution in [2.75, 3.05) is 0 Å². The molecule has 11 heavy (non-hydrogen) atoms. The monoisotopic (exact) mass is 154 g/mol. The van der Waals surface area contributed by atoms with Gasteiger partial charge in [0.15, 0.2) is 0 Å². The van der Waals surface area contributed by atoms with Crippen LogP contribution in [0.25, 0.3) is 0 Å². The van der Waals surface area contributed by atoms with Crippen LogP contribution in [-0.2, 0) is 0 Å². The predicted octanol–water partition coefficient (Wildman–Crippen LogP) is 2.67. The minimum absolute atomic E-state index is 0.685. The molecule has 0 aromatic carbocycles. The van der Waals surface area contributed by atoms with Crippen LogP contribution < -0.4 is 0 Å². The summed E-state index contributed by atoms with van der Waals surface area (Å²) in [5.41, 5.74) is 0.479. The summed E-state index contributed by atoms with van der Waals surface area (Å²) in [5, 5.41) is 9.56. The maximum atomic E-state index is 9.56. The summed E-state index contributed by atoms with van der Waals surface area (Å²) in [6, 6.07) is 0. The second-order valence-electron chi connectivity index (χ2n) is 3.20. The molecule has 1 atom stereocenters. The molecule has 64 valence electrons. The molecule has 1 N–H and O–H groups in total. The van der Waals surface area contributed by atoms with E-state index in [0.717, 1.165) is 6.42 Å². The van der Waals surface area contributed by atoms with E-state index in [1.54, 1.807) is 13.0 Å². The zero-order valence-electron chi connectivity index (χ0n) is 7.72. The molecule has 0 bridgehead atoms. The maximum Gasteiger partial charge on any atom is 0.0833 e. The molecule has 0 aromatic rings. The number of rotatable bonds is 4. The van der Waals surface area contributed by atoms with Gasteiger partial charge in [0.2, 0.25) is 0 Å². The molecule has 0 saturated carbocycles. The highest BCUT2D eigenvalue weighted by atomic mass is 16.3. The van der Waals surface area contributed by atoms with Crippen LogP contribution in [0.5, 0.6) is 0 Å². The van der Waals surface area contributed by atoms with Crippen molar-refractivity contribution in [1.29, 1.82) is 0 Å². The highest BCUT2D eigenvalue weighted by Crippen LogP contribution is 2.16. The van der Waals surface area contributed by atoms with E-state index in [9.17, 15) is 5.11 Å². The van der Waals surface area contributed by atoms with Crippen LogP contribution in [0.3, 0.4) is 0 Å².